The van der Waals surface area contributed by atoms with Crippen molar-refractivity contribution in [2.75, 3.05) is 12.3 Å². The third-order valence-electron chi connectivity index (χ3n) is 5.14. The fourth-order valence-corrected chi connectivity index (χ4v) is 3.76. The Bertz CT molecular complexity index is 1030. The number of nitrogens with two attached hydrogens (primary N) is 1. The summed E-state index contributed by atoms with van der Waals surface area (Å²) in [6.07, 6.45) is 3.13. The van der Waals surface area contributed by atoms with Crippen molar-refractivity contribution in [2.24, 2.45) is 0 Å². The first-order valence-electron chi connectivity index (χ1n) is 9.51. The lowest BCUT2D eigenvalue weighted by Crippen LogP contribution is -2.34. The van der Waals surface area contributed by atoms with E-state index in [1.54, 1.807) is 0 Å². The molecule has 1 unspecified atom stereocenters. The molecule has 1 aliphatic rings. The second kappa shape index (κ2) is 8.96. The Kier molecular flexibility index (Phi) is 6.39. The first-order chi connectivity index (χ1) is 13.6. The number of aromatic amines is 1. The fraction of sp³-hybridized carbons (Fsp3) is 0.286. The first kappa shape index (κ1) is 20.7. The fourth-order valence-electron chi connectivity index (χ4n) is 3.76. The second-order valence-electron chi connectivity index (χ2n) is 7.09. The van der Waals surface area contributed by atoms with Crippen molar-refractivity contribution in [2.45, 2.75) is 31.7 Å². The number of nitrogens with zero attached hydrogens (tertiary/aromatic N) is 1. The molecule has 0 radical (unpaired) electrons. The zero-order chi connectivity index (χ0) is 19.5. The molecule has 3 aromatic rings. The zero-order valence-electron chi connectivity index (χ0n) is 15.9. The lowest BCUT2D eigenvalue weighted by molar-refractivity contribution is -0.121. The summed E-state index contributed by atoms with van der Waals surface area (Å²) in [6, 6.07) is 13.3. The first-order valence-corrected chi connectivity index (χ1v) is 9.51. The molecule has 0 fully saturated rings. The summed E-state index contributed by atoms with van der Waals surface area (Å²) in [6.45, 7) is 0.257. The molecule has 0 saturated heterocycles. The van der Waals surface area contributed by atoms with Crippen molar-refractivity contribution < 1.29 is 9.59 Å². The van der Waals surface area contributed by atoms with Crippen LogP contribution >= 0.6 is 12.4 Å². The van der Waals surface area contributed by atoms with Crippen molar-refractivity contribution in [3.05, 3.63) is 59.3 Å². The van der Waals surface area contributed by atoms with Gasteiger partial charge in [-0.25, -0.2) is 0 Å². The van der Waals surface area contributed by atoms with Gasteiger partial charge < -0.3 is 16.4 Å². The molecule has 1 atom stereocenters. The Labute approximate surface area is 174 Å². The lowest BCUT2D eigenvalue weighted by Gasteiger charge is -2.26. The maximum Gasteiger partial charge on any atom is 0.272 e. The third-order valence-corrected chi connectivity index (χ3v) is 5.14. The zero-order valence-corrected chi connectivity index (χ0v) is 16.7. The van der Waals surface area contributed by atoms with Gasteiger partial charge in [-0.15, -0.1) is 12.4 Å². The molecule has 0 spiro atoms. The molecule has 0 bridgehead atoms. The summed E-state index contributed by atoms with van der Waals surface area (Å²) in [4.78, 5) is 24.7. The Balaban J connectivity index is 0.00000240. The maximum atomic E-state index is 12.4. The number of aryl methyl sites for hydroxylation is 1. The maximum absolute atomic E-state index is 12.4. The number of carbonyl (C=O) groups is 2. The Morgan fingerprint density at radius 3 is 2.90 bits per heavy atom. The quantitative estimate of drug-likeness (QED) is 0.481. The highest BCUT2D eigenvalue weighted by Crippen LogP contribution is 2.30. The van der Waals surface area contributed by atoms with E-state index in [2.05, 4.69) is 20.8 Å². The van der Waals surface area contributed by atoms with Gasteiger partial charge in [0.1, 0.15) is 0 Å². The van der Waals surface area contributed by atoms with Gasteiger partial charge in [0.05, 0.1) is 11.6 Å². The van der Waals surface area contributed by atoms with Gasteiger partial charge in [-0.1, -0.05) is 24.3 Å². The van der Waals surface area contributed by atoms with Gasteiger partial charge in [-0.05, 0) is 48.6 Å². The minimum absolute atomic E-state index is 0. The Morgan fingerprint density at radius 1 is 1.21 bits per heavy atom. The van der Waals surface area contributed by atoms with Gasteiger partial charge in [0, 0.05) is 24.0 Å². The number of hydrogen-bond donors (Lipinski definition) is 4. The van der Waals surface area contributed by atoms with Crippen LogP contribution in [0, 0.1) is 0 Å². The highest BCUT2D eigenvalue weighted by atomic mass is 35.5. The molecular weight excluding hydrogens is 390 g/mol. The van der Waals surface area contributed by atoms with Crippen LogP contribution in [-0.4, -0.2) is 28.6 Å². The van der Waals surface area contributed by atoms with Crippen molar-refractivity contribution in [3.8, 4) is 0 Å². The van der Waals surface area contributed by atoms with Crippen molar-refractivity contribution in [1.82, 2.24) is 20.8 Å². The number of hydrogen-bond acceptors (Lipinski definition) is 4. The monoisotopic (exact) mass is 413 g/mol. The lowest BCUT2D eigenvalue weighted by atomic mass is 9.87. The average molecular weight is 414 g/mol. The number of amides is 2. The van der Waals surface area contributed by atoms with Crippen molar-refractivity contribution >= 4 is 40.8 Å². The van der Waals surface area contributed by atoms with E-state index in [9.17, 15) is 9.59 Å². The highest BCUT2D eigenvalue weighted by molar-refractivity contribution is 6.04. The van der Waals surface area contributed by atoms with Gasteiger partial charge in [-0.3, -0.25) is 14.7 Å². The van der Waals surface area contributed by atoms with Crippen LogP contribution in [0.1, 0.15) is 46.9 Å². The summed E-state index contributed by atoms with van der Waals surface area (Å²) in [5.74, 6) is -0.370. The van der Waals surface area contributed by atoms with Crippen LogP contribution < -0.4 is 16.4 Å². The molecule has 152 valence electrons. The van der Waals surface area contributed by atoms with E-state index in [0.717, 1.165) is 41.4 Å². The number of nitrogen functional groups attached to an aromatic ring is 1. The smallest absolute Gasteiger partial charge is 0.272 e. The second-order valence-corrected chi connectivity index (χ2v) is 7.09. The predicted octanol–water partition coefficient (Wildman–Crippen LogP) is 2.88. The van der Waals surface area contributed by atoms with E-state index in [1.165, 1.54) is 5.56 Å². The SMILES string of the molecule is Cl.Nc1ccc2c(c1)CCCC2NC(=O)CCNC(=O)c1n[nH]c2ccccc12. The van der Waals surface area contributed by atoms with Crippen LogP contribution in [0.4, 0.5) is 5.69 Å². The molecule has 1 heterocycles. The number of para-hydroxylation sites is 1. The van der Waals surface area contributed by atoms with Crippen molar-refractivity contribution in [1.29, 1.82) is 0 Å². The topological polar surface area (TPSA) is 113 Å². The van der Waals surface area contributed by atoms with Crippen LogP contribution in [0.3, 0.4) is 0 Å². The predicted molar refractivity (Wildman–Crippen MR) is 115 cm³/mol. The number of carbonyl (C=O) groups excluding carboxylic acids is 2. The number of H-pyrrole nitrogens is 1. The van der Waals surface area contributed by atoms with Crippen LogP contribution in [0.25, 0.3) is 10.9 Å². The van der Waals surface area contributed by atoms with E-state index < -0.39 is 0 Å². The summed E-state index contributed by atoms with van der Waals surface area (Å²) >= 11 is 0. The molecule has 29 heavy (non-hydrogen) atoms. The average Bonchev–Trinajstić information content (AvgIpc) is 3.12. The Hall–Kier alpha value is -3.06. The van der Waals surface area contributed by atoms with E-state index >= 15 is 0 Å². The number of aromatic nitrogens is 2. The normalized spacial score (nSPS) is 15.2. The molecule has 1 aromatic heterocycles. The summed E-state index contributed by atoms with van der Waals surface area (Å²) in [5.41, 5.74) is 10.1. The number of halogens is 1. The standard InChI is InChI=1S/C21H23N5O2.ClH/c22-14-8-9-15-13(12-14)4-3-7-17(15)24-19(27)10-11-23-21(28)20-16-5-1-2-6-18(16)25-26-20;/h1-2,5-6,8-9,12,17H,3-4,7,10-11,22H2,(H,23,28)(H,24,27)(H,25,26);1H. The largest absolute Gasteiger partial charge is 0.399 e. The van der Waals surface area contributed by atoms with Gasteiger partial charge >= 0.3 is 0 Å². The molecule has 1 aliphatic carbocycles. The third kappa shape index (κ3) is 4.51. The number of nitrogens with one attached hydrogen (secondary N) is 3. The molecule has 5 N–H and O–H groups in total. The molecule has 2 amide bonds. The minimum Gasteiger partial charge on any atom is -0.399 e. The summed E-state index contributed by atoms with van der Waals surface area (Å²) in [7, 11) is 0. The molecule has 8 heteroatoms. The van der Waals surface area contributed by atoms with Crippen LogP contribution in [0.5, 0.6) is 0 Å². The highest BCUT2D eigenvalue weighted by Gasteiger charge is 2.22. The number of rotatable bonds is 5. The molecule has 0 aliphatic heterocycles. The van der Waals surface area contributed by atoms with Crippen LogP contribution in [-0.2, 0) is 11.2 Å². The number of benzene rings is 2. The Morgan fingerprint density at radius 2 is 2.03 bits per heavy atom. The number of anilines is 1. The van der Waals surface area contributed by atoms with E-state index in [1.807, 2.05) is 42.5 Å². The van der Waals surface area contributed by atoms with E-state index in [0.29, 0.717) is 5.69 Å². The molecule has 2 aromatic carbocycles. The number of fused-ring (bicyclic) bond motifs is 2. The van der Waals surface area contributed by atoms with E-state index in [4.69, 9.17) is 5.73 Å². The molecule has 4 rings (SSSR count). The molecule has 7 nitrogen and oxygen atoms in total. The van der Waals surface area contributed by atoms with Crippen molar-refractivity contribution in [3.63, 3.8) is 0 Å². The van der Waals surface area contributed by atoms with E-state index in [-0.39, 0.29) is 43.2 Å². The summed E-state index contributed by atoms with van der Waals surface area (Å²) in [5, 5.41) is 13.5. The summed E-state index contributed by atoms with van der Waals surface area (Å²) < 4.78 is 0. The van der Waals surface area contributed by atoms with Gasteiger partial charge in [0.2, 0.25) is 5.91 Å². The van der Waals surface area contributed by atoms with Gasteiger partial charge in [-0.2, -0.15) is 5.10 Å². The molecular formula is C21H24ClN5O2. The minimum atomic E-state index is -0.288. The van der Waals surface area contributed by atoms with Crippen LogP contribution in [0.2, 0.25) is 0 Å². The van der Waals surface area contributed by atoms with Gasteiger partial charge in [0.15, 0.2) is 5.69 Å². The van der Waals surface area contributed by atoms with Crippen LogP contribution in [0.15, 0.2) is 42.5 Å². The molecule has 0 saturated carbocycles. The van der Waals surface area contributed by atoms with Gasteiger partial charge in [0.25, 0.3) is 5.91 Å².